The predicted molar refractivity (Wildman–Crippen MR) is 66.7 cm³/mol. The van der Waals surface area contributed by atoms with Crippen molar-refractivity contribution in [2.75, 3.05) is 6.61 Å². The Labute approximate surface area is 108 Å². The molecule has 0 aromatic carbocycles. The molecule has 5 nitrogen and oxygen atoms in total. The van der Waals surface area contributed by atoms with E-state index in [9.17, 15) is 9.59 Å². The maximum Gasteiger partial charge on any atom is 0.345 e. The van der Waals surface area contributed by atoms with E-state index in [2.05, 4.69) is 25.5 Å². The highest BCUT2D eigenvalue weighted by Crippen LogP contribution is 2.22. The molecule has 18 heavy (non-hydrogen) atoms. The van der Waals surface area contributed by atoms with Crippen LogP contribution in [0.1, 0.15) is 52.9 Å². The second kappa shape index (κ2) is 8.21. The monoisotopic (exact) mass is 260 g/mol. The number of aliphatic hydroxyl groups is 2. The molecule has 2 N–H and O–H groups in total. The maximum atomic E-state index is 11.2. The first-order valence-electron chi connectivity index (χ1n) is 6.29. The van der Waals surface area contributed by atoms with E-state index in [4.69, 9.17) is 10.2 Å². The van der Waals surface area contributed by atoms with Gasteiger partial charge in [0.25, 0.3) is 0 Å². The number of carbonyl (C=O) groups excluding carboxylic acids is 2. The lowest BCUT2D eigenvalue weighted by Gasteiger charge is -2.17. The van der Waals surface area contributed by atoms with Crippen LogP contribution in [-0.2, 0) is 14.3 Å². The molecule has 0 aliphatic rings. The van der Waals surface area contributed by atoms with E-state index in [1.807, 2.05) is 0 Å². The van der Waals surface area contributed by atoms with Gasteiger partial charge in [-0.15, -0.1) is 0 Å². The minimum absolute atomic E-state index is 0.161. The van der Waals surface area contributed by atoms with Gasteiger partial charge in [0.05, 0.1) is 6.61 Å². The number of hydrogen-bond acceptors (Lipinski definition) is 5. The zero-order valence-electron chi connectivity index (χ0n) is 11.4. The van der Waals surface area contributed by atoms with E-state index in [0.29, 0.717) is 11.8 Å². The molecule has 0 saturated carbocycles. The Balaban J connectivity index is 3.63. The van der Waals surface area contributed by atoms with Crippen LogP contribution in [0, 0.1) is 5.41 Å². The van der Waals surface area contributed by atoms with Crippen molar-refractivity contribution in [2.45, 2.75) is 59.0 Å². The van der Waals surface area contributed by atoms with Crippen LogP contribution in [0.15, 0.2) is 0 Å². The Morgan fingerprint density at radius 2 is 1.78 bits per heavy atom. The Bertz CT molecular complexity index is 267. The van der Waals surface area contributed by atoms with Crippen molar-refractivity contribution >= 4 is 11.9 Å². The van der Waals surface area contributed by atoms with Gasteiger partial charge in [0.2, 0.25) is 0 Å². The predicted octanol–water partition coefficient (Wildman–Crippen LogP) is 1.41. The molecule has 1 unspecified atom stereocenters. The van der Waals surface area contributed by atoms with Crippen molar-refractivity contribution < 1.29 is 24.5 Å². The molecular formula is C13H24O5. The number of aliphatic hydroxyl groups excluding tert-OH is 2. The van der Waals surface area contributed by atoms with Gasteiger partial charge in [0.15, 0.2) is 6.10 Å². The van der Waals surface area contributed by atoms with E-state index in [0.717, 1.165) is 19.3 Å². The largest absolute Gasteiger partial charge is 0.393 e. The maximum absolute atomic E-state index is 11.2. The molecule has 0 radical (unpaired) electrons. The fraction of sp³-hybridized carbons (Fsp3) is 0.846. The number of ether oxygens (including phenoxy) is 1. The molecule has 0 amide bonds. The molecule has 0 saturated heterocycles. The quantitative estimate of drug-likeness (QED) is 0.411. The van der Waals surface area contributed by atoms with Crippen molar-refractivity contribution in [3.05, 3.63) is 0 Å². The summed E-state index contributed by atoms with van der Waals surface area (Å²) in [5, 5.41) is 17.4. The molecule has 1 atom stereocenters. The Kier molecular flexibility index (Phi) is 7.78. The van der Waals surface area contributed by atoms with Crippen LogP contribution in [0.25, 0.3) is 0 Å². The highest BCUT2D eigenvalue weighted by Gasteiger charge is 2.18. The van der Waals surface area contributed by atoms with Crippen molar-refractivity contribution in [1.82, 2.24) is 0 Å². The normalized spacial score (nSPS) is 13.2. The molecule has 0 spiro atoms. The Hall–Kier alpha value is -0.940. The third-order valence-electron chi connectivity index (χ3n) is 2.47. The van der Waals surface area contributed by atoms with Crippen molar-refractivity contribution in [1.29, 1.82) is 0 Å². The summed E-state index contributed by atoms with van der Waals surface area (Å²) in [6, 6.07) is 0. The van der Waals surface area contributed by atoms with Crippen LogP contribution in [0.4, 0.5) is 0 Å². The molecule has 0 heterocycles. The average Bonchev–Trinajstić information content (AvgIpc) is 2.25. The van der Waals surface area contributed by atoms with Crippen LogP contribution in [0.3, 0.4) is 0 Å². The summed E-state index contributed by atoms with van der Waals surface area (Å²) < 4.78 is 4.36. The average molecular weight is 260 g/mol. The molecule has 0 aromatic heterocycles. The van der Waals surface area contributed by atoms with Crippen LogP contribution < -0.4 is 0 Å². The first kappa shape index (κ1) is 17.1. The van der Waals surface area contributed by atoms with Crippen LogP contribution >= 0.6 is 0 Å². The highest BCUT2D eigenvalue weighted by molar-refractivity contribution is 5.87. The summed E-state index contributed by atoms with van der Waals surface area (Å²) in [5.41, 5.74) is 0.293. The van der Waals surface area contributed by atoms with Crippen molar-refractivity contribution in [3.8, 4) is 0 Å². The van der Waals surface area contributed by atoms with Gasteiger partial charge >= 0.3 is 11.9 Å². The number of rotatable bonds is 7. The molecule has 0 bridgehead atoms. The molecule has 106 valence electrons. The molecule has 5 heteroatoms. The smallest absolute Gasteiger partial charge is 0.345 e. The molecular weight excluding hydrogens is 236 g/mol. The Morgan fingerprint density at radius 1 is 1.17 bits per heavy atom. The first-order chi connectivity index (χ1) is 8.26. The lowest BCUT2D eigenvalue weighted by Crippen LogP contribution is -2.28. The molecule has 0 aliphatic heterocycles. The van der Waals surface area contributed by atoms with Gasteiger partial charge in [0.1, 0.15) is 0 Å². The van der Waals surface area contributed by atoms with Crippen molar-refractivity contribution in [2.24, 2.45) is 5.41 Å². The van der Waals surface area contributed by atoms with Gasteiger partial charge in [-0.2, -0.15) is 0 Å². The van der Waals surface area contributed by atoms with Gasteiger partial charge in [-0.1, -0.05) is 33.6 Å². The second-order valence-electron chi connectivity index (χ2n) is 5.61. The number of hydrogen-bond donors (Lipinski definition) is 2. The molecule has 0 fully saturated rings. The fourth-order valence-corrected chi connectivity index (χ4v) is 1.41. The van der Waals surface area contributed by atoms with Crippen LogP contribution in [0.5, 0.6) is 0 Å². The summed E-state index contributed by atoms with van der Waals surface area (Å²) in [4.78, 5) is 22.1. The van der Waals surface area contributed by atoms with Gasteiger partial charge in [-0.05, 0) is 18.3 Å². The van der Waals surface area contributed by atoms with Crippen LogP contribution in [0.2, 0.25) is 0 Å². The summed E-state index contributed by atoms with van der Waals surface area (Å²) in [6.45, 7) is 5.75. The topological polar surface area (TPSA) is 83.8 Å². The van der Waals surface area contributed by atoms with Crippen molar-refractivity contribution in [3.63, 3.8) is 0 Å². The highest BCUT2D eigenvalue weighted by atomic mass is 16.6. The van der Waals surface area contributed by atoms with Gasteiger partial charge in [-0.3, -0.25) is 4.79 Å². The SMILES string of the molecule is CC(C)(C)CCCCCC(=O)OC(=O)C(O)CO. The Morgan fingerprint density at radius 3 is 2.28 bits per heavy atom. The fourth-order valence-electron chi connectivity index (χ4n) is 1.41. The van der Waals surface area contributed by atoms with E-state index < -0.39 is 24.6 Å². The summed E-state index contributed by atoms with van der Waals surface area (Å²) in [5.74, 6) is -1.74. The van der Waals surface area contributed by atoms with Crippen LogP contribution in [-0.4, -0.2) is 34.9 Å². The second-order valence-corrected chi connectivity index (χ2v) is 5.61. The summed E-state index contributed by atoms with van der Waals surface area (Å²) >= 11 is 0. The van der Waals surface area contributed by atoms with Gasteiger partial charge < -0.3 is 14.9 Å². The van der Waals surface area contributed by atoms with E-state index >= 15 is 0 Å². The lowest BCUT2D eigenvalue weighted by molar-refractivity contribution is -0.167. The standard InChI is InChI=1S/C13H24O5/c1-13(2,3)8-6-4-5-7-11(16)18-12(17)10(15)9-14/h10,14-15H,4-9H2,1-3H3. The third-order valence-corrected chi connectivity index (χ3v) is 2.47. The van der Waals surface area contributed by atoms with Gasteiger partial charge in [0, 0.05) is 6.42 Å². The van der Waals surface area contributed by atoms with E-state index in [1.54, 1.807) is 0 Å². The minimum atomic E-state index is -1.63. The summed E-state index contributed by atoms with van der Waals surface area (Å²) in [7, 11) is 0. The molecule has 0 aliphatic carbocycles. The number of esters is 2. The zero-order valence-corrected chi connectivity index (χ0v) is 11.4. The van der Waals surface area contributed by atoms with E-state index in [-0.39, 0.29) is 6.42 Å². The number of carbonyl (C=O) groups is 2. The lowest BCUT2D eigenvalue weighted by atomic mass is 9.89. The number of unbranched alkanes of at least 4 members (excludes halogenated alkanes) is 2. The molecule has 0 aromatic rings. The zero-order chi connectivity index (χ0) is 14.2. The first-order valence-corrected chi connectivity index (χ1v) is 6.29. The summed E-state index contributed by atoms with van der Waals surface area (Å²) in [6.07, 6.45) is 2.22. The third kappa shape index (κ3) is 9.13. The minimum Gasteiger partial charge on any atom is -0.393 e. The van der Waals surface area contributed by atoms with Gasteiger partial charge in [-0.25, -0.2) is 4.79 Å². The molecule has 0 rings (SSSR count). The van der Waals surface area contributed by atoms with E-state index in [1.165, 1.54) is 0 Å².